The SMILES string of the molecule is COC(C)c1[c]cncc1. The number of hydrogen-bond acceptors (Lipinski definition) is 2. The molecule has 2 nitrogen and oxygen atoms in total. The fourth-order valence-corrected chi connectivity index (χ4v) is 0.706. The fraction of sp³-hybridized carbons (Fsp3) is 0.375. The summed E-state index contributed by atoms with van der Waals surface area (Å²) in [5.74, 6) is 0. The second kappa shape index (κ2) is 3.32. The Morgan fingerprint density at radius 1 is 1.70 bits per heavy atom. The van der Waals surface area contributed by atoms with Crippen LogP contribution in [0.3, 0.4) is 0 Å². The third-order valence-corrected chi connectivity index (χ3v) is 1.44. The molecule has 0 saturated heterocycles. The van der Waals surface area contributed by atoms with Crippen molar-refractivity contribution in [2.75, 3.05) is 7.11 Å². The van der Waals surface area contributed by atoms with Gasteiger partial charge in [-0.05, 0) is 18.6 Å². The van der Waals surface area contributed by atoms with E-state index < -0.39 is 0 Å². The summed E-state index contributed by atoms with van der Waals surface area (Å²) < 4.78 is 5.08. The summed E-state index contributed by atoms with van der Waals surface area (Å²) in [5, 5.41) is 0. The Morgan fingerprint density at radius 3 is 3.00 bits per heavy atom. The summed E-state index contributed by atoms with van der Waals surface area (Å²) in [6, 6.07) is 4.88. The van der Waals surface area contributed by atoms with Crippen LogP contribution >= 0.6 is 0 Å². The van der Waals surface area contributed by atoms with E-state index in [9.17, 15) is 0 Å². The topological polar surface area (TPSA) is 22.1 Å². The van der Waals surface area contributed by atoms with Crippen LogP contribution in [0.15, 0.2) is 18.5 Å². The van der Waals surface area contributed by atoms with Gasteiger partial charge in [-0.15, -0.1) is 0 Å². The lowest BCUT2D eigenvalue weighted by Crippen LogP contribution is -1.95. The Morgan fingerprint density at radius 2 is 2.50 bits per heavy atom. The van der Waals surface area contributed by atoms with Gasteiger partial charge >= 0.3 is 0 Å². The van der Waals surface area contributed by atoms with Gasteiger partial charge in [-0.1, -0.05) is 0 Å². The van der Waals surface area contributed by atoms with Crippen LogP contribution in [0, 0.1) is 6.07 Å². The predicted octanol–water partition coefficient (Wildman–Crippen LogP) is 1.59. The molecule has 53 valence electrons. The minimum Gasteiger partial charge on any atom is -0.377 e. The van der Waals surface area contributed by atoms with Gasteiger partial charge < -0.3 is 4.74 Å². The van der Waals surface area contributed by atoms with E-state index in [0.717, 1.165) is 5.56 Å². The van der Waals surface area contributed by atoms with Crippen molar-refractivity contribution in [2.24, 2.45) is 0 Å². The summed E-state index contributed by atoms with van der Waals surface area (Å²) in [6.45, 7) is 1.98. The zero-order chi connectivity index (χ0) is 7.40. The summed E-state index contributed by atoms with van der Waals surface area (Å²) in [6.07, 6.45) is 3.50. The second-order valence-electron chi connectivity index (χ2n) is 2.07. The third kappa shape index (κ3) is 1.54. The van der Waals surface area contributed by atoms with Crippen molar-refractivity contribution in [3.05, 3.63) is 30.1 Å². The highest BCUT2D eigenvalue weighted by Crippen LogP contribution is 2.12. The first kappa shape index (κ1) is 7.22. The number of nitrogens with zero attached hydrogens (tertiary/aromatic N) is 1. The second-order valence-corrected chi connectivity index (χ2v) is 2.07. The van der Waals surface area contributed by atoms with E-state index in [1.54, 1.807) is 19.5 Å². The van der Waals surface area contributed by atoms with E-state index in [2.05, 4.69) is 11.1 Å². The summed E-state index contributed by atoms with van der Waals surface area (Å²) in [7, 11) is 1.68. The highest BCUT2D eigenvalue weighted by molar-refractivity contribution is 5.10. The van der Waals surface area contributed by atoms with Crippen LogP contribution in [-0.4, -0.2) is 12.1 Å². The van der Waals surface area contributed by atoms with E-state index in [-0.39, 0.29) is 6.10 Å². The molecular weight excluding hydrogens is 126 g/mol. The molecule has 1 radical (unpaired) electrons. The normalized spacial score (nSPS) is 13.0. The molecule has 0 bridgehead atoms. The largest absolute Gasteiger partial charge is 0.377 e. The molecule has 0 aliphatic carbocycles. The highest BCUT2D eigenvalue weighted by atomic mass is 16.5. The van der Waals surface area contributed by atoms with Gasteiger partial charge in [-0.3, -0.25) is 4.98 Å². The average molecular weight is 136 g/mol. The summed E-state index contributed by atoms with van der Waals surface area (Å²) >= 11 is 0. The molecule has 0 amide bonds. The first-order chi connectivity index (χ1) is 4.84. The van der Waals surface area contributed by atoms with Gasteiger partial charge in [0, 0.05) is 25.6 Å². The quantitative estimate of drug-likeness (QED) is 0.616. The maximum atomic E-state index is 5.08. The van der Waals surface area contributed by atoms with Crippen molar-refractivity contribution < 1.29 is 4.74 Å². The number of pyridine rings is 1. The molecule has 0 aromatic carbocycles. The molecule has 2 heteroatoms. The maximum Gasteiger partial charge on any atom is 0.0800 e. The molecular formula is C8H10NO. The molecule has 0 spiro atoms. The van der Waals surface area contributed by atoms with Crippen LogP contribution in [0.4, 0.5) is 0 Å². The lowest BCUT2D eigenvalue weighted by atomic mass is 10.2. The Labute approximate surface area is 60.9 Å². The monoisotopic (exact) mass is 136 g/mol. The average Bonchev–Trinajstić information content (AvgIpc) is 2.05. The van der Waals surface area contributed by atoms with E-state index in [1.165, 1.54) is 0 Å². The summed E-state index contributed by atoms with van der Waals surface area (Å²) in [5.41, 5.74) is 1.04. The molecule has 1 heterocycles. The van der Waals surface area contributed by atoms with Gasteiger partial charge in [-0.25, -0.2) is 0 Å². The zero-order valence-electron chi connectivity index (χ0n) is 6.16. The molecule has 0 fully saturated rings. The lowest BCUT2D eigenvalue weighted by molar-refractivity contribution is 0.119. The standard InChI is InChI=1S/C8H10NO/c1-7(10-2)8-3-5-9-6-4-8/h3,5-7H,1-2H3. The van der Waals surface area contributed by atoms with E-state index in [4.69, 9.17) is 4.74 Å². The first-order valence-electron chi connectivity index (χ1n) is 3.19. The fourth-order valence-electron chi connectivity index (χ4n) is 0.706. The molecule has 10 heavy (non-hydrogen) atoms. The van der Waals surface area contributed by atoms with Crippen LogP contribution in [-0.2, 0) is 4.74 Å². The van der Waals surface area contributed by atoms with Crippen molar-refractivity contribution in [1.29, 1.82) is 0 Å². The van der Waals surface area contributed by atoms with Gasteiger partial charge in [-0.2, -0.15) is 0 Å². The van der Waals surface area contributed by atoms with E-state index in [1.807, 2.05) is 13.0 Å². The number of ether oxygens (including phenoxy) is 1. The van der Waals surface area contributed by atoms with E-state index in [0.29, 0.717) is 0 Å². The lowest BCUT2D eigenvalue weighted by Gasteiger charge is -2.07. The molecule has 1 aromatic rings. The Kier molecular flexibility index (Phi) is 2.40. The Balaban J connectivity index is 2.75. The van der Waals surface area contributed by atoms with Crippen molar-refractivity contribution in [3.8, 4) is 0 Å². The third-order valence-electron chi connectivity index (χ3n) is 1.44. The summed E-state index contributed by atoms with van der Waals surface area (Å²) in [4.78, 5) is 3.85. The van der Waals surface area contributed by atoms with Gasteiger partial charge in [0.2, 0.25) is 0 Å². The van der Waals surface area contributed by atoms with Crippen LogP contribution < -0.4 is 0 Å². The number of aromatic nitrogens is 1. The molecule has 1 aromatic heterocycles. The van der Waals surface area contributed by atoms with Gasteiger partial charge in [0.1, 0.15) is 0 Å². The van der Waals surface area contributed by atoms with Crippen LogP contribution in [0.25, 0.3) is 0 Å². The predicted molar refractivity (Wildman–Crippen MR) is 38.5 cm³/mol. The number of methoxy groups -OCH3 is 1. The Hall–Kier alpha value is -0.890. The molecule has 1 unspecified atom stereocenters. The van der Waals surface area contributed by atoms with Gasteiger partial charge in [0.05, 0.1) is 6.10 Å². The number of rotatable bonds is 2. The van der Waals surface area contributed by atoms with E-state index >= 15 is 0 Å². The van der Waals surface area contributed by atoms with Crippen molar-refractivity contribution in [3.63, 3.8) is 0 Å². The maximum absolute atomic E-state index is 5.08. The first-order valence-corrected chi connectivity index (χ1v) is 3.19. The van der Waals surface area contributed by atoms with Gasteiger partial charge in [0.25, 0.3) is 0 Å². The van der Waals surface area contributed by atoms with Crippen LogP contribution in [0.5, 0.6) is 0 Å². The van der Waals surface area contributed by atoms with Gasteiger partial charge in [0.15, 0.2) is 0 Å². The molecule has 0 saturated carbocycles. The zero-order valence-corrected chi connectivity index (χ0v) is 6.16. The van der Waals surface area contributed by atoms with Crippen molar-refractivity contribution in [2.45, 2.75) is 13.0 Å². The highest BCUT2D eigenvalue weighted by Gasteiger charge is 2.00. The smallest absolute Gasteiger partial charge is 0.0800 e. The van der Waals surface area contributed by atoms with Crippen molar-refractivity contribution >= 4 is 0 Å². The number of hydrogen-bond donors (Lipinski definition) is 0. The van der Waals surface area contributed by atoms with Crippen molar-refractivity contribution in [1.82, 2.24) is 4.98 Å². The molecule has 0 aliphatic rings. The van der Waals surface area contributed by atoms with Crippen LogP contribution in [0.1, 0.15) is 18.6 Å². The minimum absolute atomic E-state index is 0.114. The van der Waals surface area contributed by atoms with Crippen LogP contribution in [0.2, 0.25) is 0 Å². The molecule has 1 atom stereocenters. The Bertz CT molecular complexity index is 186. The molecule has 0 N–H and O–H groups in total. The molecule has 0 aliphatic heterocycles. The molecule has 1 rings (SSSR count). The minimum atomic E-state index is 0.114.